The Morgan fingerprint density at radius 1 is 1.12 bits per heavy atom. The molecular formula is C22H20BrCl2F3N2S2. The second kappa shape index (κ2) is 11.8. The van der Waals surface area contributed by atoms with Gasteiger partial charge in [-0.15, -0.1) is 0 Å². The van der Waals surface area contributed by atoms with Crippen LogP contribution >= 0.6 is 63.6 Å². The number of allylic oxidation sites excluding steroid dienone is 1. The SMILES string of the molecule is CCNC(=S)CNC(=S)c1ccc(/C=C/C(c2cc(Cl)c(C)c(Cl)c2)C(F)(F)F)cc1Br. The lowest BCUT2D eigenvalue weighted by molar-refractivity contribution is -0.139. The Kier molecular flexibility index (Phi) is 9.97. The van der Waals surface area contributed by atoms with Crippen molar-refractivity contribution < 1.29 is 13.2 Å². The van der Waals surface area contributed by atoms with Crippen LogP contribution in [0.15, 0.2) is 40.9 Å². The Bertz CT molecular complexity index is 1020. The fraction of sp³-hybridized carbons (Fsp3) is 0.273. The molecule has 2 N–H and O–H groups in total. The molecule has 0 saturated heterocycles. The molecule has 32 heavy (non-hydrogen) atoms. The van der Waals surface area contributed by atoms with Crippen molar-refractivity contribution in [3.63, 3.8) is 0 Å². The van der Waals surface area contributed by atoms with Gasteiger partial charge in [-0.2, -0.15) is 13.2 Å². The minimum Gasteiger partial charge on any atom is -0.378 e. The third-order valence-electron chi connectivity index (χ3n) is 4.52. The molecule has 0 aliphatic heterocycles. The molecule has 2 rings (SSSR count). The van der Waals surface area contributed by atoms with E-state index < -0.39 is 12.1 Å². The smallest absolute Gasteiger partial charge is 0.378 e. The summed E-state index contributed by atoms with van der Waals surface area (Å²) in [6, 6.07) is 7.72. The van der Waals surface area contributed by atoms with E-state index >= 15 is 0 Å². The van der Waals surface area contributed by atoms with Crippen LogP contribution < -0.4 is 10.6 Å². The van der Waals surface area contributed by atoms with Crippen LogP contribution in [0.25, 0.3) is 6.08 Å². The van der Waals surface area contributed by atoms with E-state index in [1.807, 2.05) is 6.92 Å². The van der Waals surface area contributed by atoms with Gasteiger partial charge in [0.2, 0.25) is 0 Å². The second-order valence-corrected chi connectivity index (χ2v) is 9.43. The molecule has 1 unspecified atom stereocenters. The minimum absolute atomic E-state index is 0.0212. The third-order valence-corrected chi connectivity index (χ3v) is 6.61. The maximum Gasteiger partial charge on any atom is 0.399 e. The molecule has 0 radical (unpaired) electrons. The summed E-state index contributed by atoms with van der Waals surface area (Å²) in [6.45, 7) is 4.71. The number of likely N-dealkylation sites (N-methyl/N-ethyl adjacent to an activating group) is 1. The van der Waals surface area contributed by atoms with E-state index in [-0.39, 0.29) is 15.6 Å². The standard InChI is InChI=1S/C22H20BrCl2F3N2S2/c1-3-29-20(31)11-30-21(32)15-6-4-13(8-17(15)23)5-7-16(22(26,27)28)14-9-18(24)12(2)19(25)10-14/h4-10,16H,3,11H2,1-2H3,(H,29,31)(H,30,32)/b7-5+. The zero-order chi connectivity index (χ0) is 24.1. The number of hydrogen-bond donors (Lipinski definition) is 2. The quantitative estimate of drug-likeness (QED) is 0.327. The lowest BCUT2D eigenvalue weighted by atomic mass is 9.96. The zero-order valence-corrected chi connectivity index (χ0v) is 21.8. The van der Waals surface area contributed by atoms with Crippen LogP contribution in [0, 0.1) is 6.92 Å². The number of thiocarbonyl (C=S) groups is 2. The Hall–Kier alpha value is -1.19. The van der Waals surface area contributed by atoms with Gasteiger partial charge in [0.1, 0.15) is 4.99 Å². The van der Waals surface area contributed by atoms with Crippen LogP contribution in [0.3, 0.4) is 0 Å². The predicted octanol–water partition coefficient (Wildman–Crippen LogP) is 7.63. The van der Waals surface area contributed by atoms with Gasteiger partial charge in [0, 0.05) is 26.6 Å². The molecule has 0 heterocycles. The lowest BCUT2D eigenvalue weighted by Gasteiger charge is -2.19. The molecule has 0 amide bonds. The van der Waals surface area contributed by atoms with E-state index in [0.29, 0.717) is 37.7 Å². The summed E-state index contributed by atoms with van der Waals surface area (Å²) in [5.41, 5.74) is 1.80. The molecule has 0 aliphatic carbocycles. The fourth-order valence-electron chi connectivity index (χ4n) is 2.80. The van der Waals surface area contributed by atoms with Crippen LogP contribution in [0.2, 0.25) is 10.0 Å². The summed E-state index contributed by atoms with van der Waals surface area (Å²) in [5.74, 6) is -1.86. The molecule has 0 aliphatic rings. The highest BCUT2D eigenvalue weighted by atomic mass is 79.9. The van der Waals surface area contributed by atoms with Crippen molar-refractivity contribution in [2.75, 3.05) is 13.1 Å². The van der Waals surface area contributed by atoms with Gasteiger partial charge in [-0.1, -0.05) is 87.9 Å². The number of hydrogen-bond acceptors (Lipinski definition) is 2. The van der Waals surface area contributed by atoms with E-state index in [2.05, 4.69) is 26.6 Å². The number of halogens is 6. The largest absolute Gasteiger partial charge is 0.399 e. The van der Waals surface area contributed by atoms with Gasteiger partial charge in [0.25, 0.3) is 0 Å². The summed E-state index contributed by atoms with van der Waals surface area (Å²) in [7, 11) is 0. The third kappa shape index (κ3) is 7.42. The molecule has 0 saturated carbocycles. The van der Waals surface area contributed by atoms with Gasteiger partial charge in [-0.05, 0) is 48.7 Å². The molecule has 2 aromatic carbocycles. The van der Waals surface area contributed by atoms with Crippen molar-refractivity contribution in [1.29, 1.82) is 0 Å². The highest BCUT2D eigenvalue weighted by molar-refractivity contribution is 9.10. The Morgan fingerprint density at radius 2 is 1.75 bits per heavy atom. The first kappa shape index (κ1) is 27.1. The van der Waals surface area contributed by atoms with E-state index in [1.54, 1.807) is 25.1 Å². The predicted molar refractivity (Wildman–Crippen MR) is 139 cm³/mol. The maximum absolute atomic E-state index is 13.7. The topological polar surface area (TPSA) is 24.1 Å². The molecular weight excluding hydrogens is 564 g/mol. The van der Waals surface area contributed by atoms with Crippen molar-refractivity contribution in [3.05, 3.63) is 73.2 Å². The summed E-state index contributed by atoms with van der Waals surface area (Å²) in [5, 5.41) is 6.46. The molecule has 2 aromatic rings. The maximum atomic E-state index is 13.7. The summed E-state index contributed by atoms with van der Waals surface area (Å²) < 4.78 is 41.9. The zero-order valence-electron chi connectivity index (χ0n) is 17.1. The van der Waals surface area contributed by atoms with Crippen molar-refractivity contribution in [1.82, 2.24) is 10.6 Å². The summed E-state index contributed by atoms with van der Waals surface area (Å²) >= 11 is 26.1. The van der Waals surface area contributed by atoms with Crippen molar-refractivity contribution >= 4 is 79.6 Å². The van der Waals surface area contributed by atoms with E-state index in [9.17, 15) is 13.2 Å². The minimum atomic E-state index is -4.51. The first-order valence-electron chi connectivity index (χ1n) is 9.49. The van der Waals surface area contributed by atoms with E-state index in [4.69, 9.17) is 47.6 Å². The monoisotopic (exact) mass is 582 g/mol. The van der Waals surface area contributed by atoms with E-state index in [0.717, 1.165) is 12.6 Å². The highest BCUT2D eigenvalue weighted by Gasteiger charge is 2.39. The fourth-order valence-corrected chi connectivity index (χ4v) is 4.49. The van der Waals surface area contributed by atoms with Crippen LogP contribution in [0.1, 0.15) is 35.1 Å². The van der Waals surface area contributed by atoms with Gasteiger partial charge in [-0.3, -0.25) is 0 Å². The van der Waals surface area contributed by atoms with Crippen molar-refractivity contribution in [2.24, 2.45) is 0 Å². The Morgan fingerprint density at radius 3 is 2.28 bits per heavy atom. The number of alkyl halides is 3. The molecule has 1 atom stereocenters. The highest BCUT2D eigenvalue weighted by Crippen LogP contribution is 2.39. The van der Waals surface area contributed by atoms with Crippen molar-refractivity contribution in [3.8, 4) is 0 Å². The van der Waals surface area contributed by atoms with Crippen LogP contribution in [0.4, 0.5) is 13.2 Å². The first-order chi connectivity index (χ1) is 14.9. The average Bonchev–Trinajstić information content (AvgIpc) is 2.69. The molecule has 0 aromatic heterocycles. The number of rotatable bonds is 7. The summed E-state index contributed by atoms with van der Waals surface area (Å²) in [4.78, 5) is 1.12. The number of benzene rings is 2. The van der Waals surface area contributed by atoms with Gasteiger partial charge in [-0.25, -0.2) is 0 Å². The first-order valence-corrected chi connectivity index (χ1v) is 11.9. The van der Waals surface area contributed by atoms with Crippen LogP contribution in [0.5, 0.6) is 0 Å². The molecule has 2 nitrogen and oxygen atoms in total. The average molecular weight is 584 g/mol. The van der Waals surface area contributed by atoms with Gasteiger partial charge in [0.05, 0.1) is 17.5 Å². The molecule has 10 heteroatoms. The normalized spacial score (nSPS) is 12.6. The van der Waals surface area contributed by atoms with Crippen LogP contribution in [-0.2, 0) is 0 Å². The Balaban J connectivity index is 2.24. The molecule has 0 fully saturated rings. The van der Waals surface area contributed by atoms with Gasteiger partial charge in [0.15, 0.2) is 0 Å². The lowest BCUT2D eigenvalue weighted by Crippen LogP contribution is -2.35. The van der Waals surface area contributed by atoms with Crippen molar-refractivity contribution in [2.45, 2.75) is 25.9 Å². The summed E-state index contributed by atoms with van der Waals surface area (Å²) in [6.07, 6.45) is -2.01. The Labute approximate surface area is 214 Å². The molecule has 0 spiro atoms. The van der Waals surface area contributed by atoms with E-state index in [1.165, 1.54) is 18.2 Å². The molecule has 172 valence electrons. The molecule has 0 bridgehead atoms. The van der Waals surface area contributed by atoms with Crippen LogP contribution in [-0.4, -0.2) is 29.2 Å². The van der Waals surface area contributed by atoms with Gasteiger partial charge < -0.3 is 10.6 Å². The second-order valence-electron chi connectivity index (χ2n) is 6.86. The van der Waals surface area contributed by atoms with Gasteiger partial charge >= 0.3 is 6.18 Å². The number of nitrogens with one attached hydrogen (secondary N) is 2.